The number of hydrogen-bond donors (Lipinski definition) is 0. The van der Waals surface area contributed by atoms with Crippen molar-refractivity contribution in [3.63, 3.8) is 0 Å². The fourth-order valence-electron chi connectivity index (χ4n) is 3.70. The summed E-state index contributed by atoms with van der Waals surface area (Å²) in [6.45, 7) is 0. The molecular formula is C24H16N2. The summed E-state index contributed by atoms with van der Waals surface area (Å²) >= 11 is 0. The van der Waals surface area contributed by atoms with Crippen molar-refractivity contribution in [1.29, 1.82) is 10.5 Å². The van der Waals surface area contributed by atoms with Crippen LogP contribution in [0.25, 0.3) is 11.1 Å². The van der Waals surface area contributed by atoms with Gasteiger partial charge in [0.2, 0.25) is 0 Å². The lowest BCUT2D eigenvalue weighted by Gasteiger charge is -2.23. The quantitative estimate of drug-likeness (QED) is 0.748. The molecule has 0 aliphatic heterocycles. The Bertz CT molecular complexity index is 1020. The van der Waals surface area contributed by atoms with E-state index in [1.807, 2.05) is 72.8 Å². The smallest absolute Gasteiger partial charge is 0.179 e. The first-order valence-corrected chi connectivity index (χ1v) is 8.54. The largest absolute Gasteiger partial charge is 0.196 e. The van der Waals surface area contributed by atoms with Gasteiger partial charge in [-0.2, -0.15) is 10.5 Å². The van der Waals surface area contributed by atoms with Crippen LogP contribution in [0.1, 0.15) is 11.1 Å². The summed E-state index contributed by atoms with van der Waals surface area (Å²) in [5.74, 6) is -0.273. The van der Waals surface area contributed by atoms with E-state index in [0.717, 1.165) is 27.8 Å². The van der Waals surface area contributed by atoms with Crippen LogP contribution in [0.3, 0.4) is 0 Å². The second-order valence-corrected chi connectivity index (χ2v) is 6.45. The normalized spacial score (nSPS) is 19.9. The molecule has 1 atom stereocenters. The van der Waals surface area contributed by atoms with E-state index in [1.54, 1.807) is 0 Å². The molecule has 0 amide bonds. The molecule has 2 heteroatoms. The Morgan fingerprint density at radius 3 is 2.00 bits per heavy atom. The molecule has 2 aliphatic carbocycles. The Kier molecular flexibility index (Phi) is 3.88. The number of allylic oxidation sites excluding steroid dienone is 8. The molecule has 0 fully saturated rings. The summed E-state index contributed by atoms with van der Waals surface area (Å²) in [6, 6.07) is 24.5. The lowest BCUT2D eigenvalue weighted by atomic mass is 9.73. The van der Waals surface area contributed by atoms with Gasteiger partial charge in [-0.05, 0) is 27.8 Å². The van der Waals surface area contributed by atoms with Crippen molar-refractivity contribution >= 4 is 11.1 Å². The third-order valence-electron chi connectivity index (χ3n) is 5.01. The van der Waals surface area contributed by atoms with Gasteiger partial charge in [0.05, 0.1) is 12.1 Å². The minimum atomic E-state index is -1.20. The molecule has 0 saturated heterocycles. The van der Waals surface area contributed by atoms with Gasteiger partial charge in [-0.3, -0.25) is 0 Å². The molecule has 26 heavy (non-hydrogen) atoms. The summed E-state index contributed by atoms with van der Waals surface area (Å²) in [7, 11) is 0. The summed E-state index contributed by atoms with van der Waals surface area (Å²) < 4.78 is 0. The predicted octanol–water partition coefficient (Wildman–Crippen LogP) is 5.31. The van der Waals surface area contributed by atoms with Gasteiger partial charge in [-0.15, -0.1) is 0 Å². The SMILES string of the molecule is N#CC1(C#N)C(c2ccccc2)=CC2=CC(c3ccccc3)=CC=CC21. The number of nitrogens with zero attached hydrogens (tertiary/aromatic N) is 2. The van der Waals surface area contributed by atoms with Gasteiger partial charge in [0.15, 0.2) is 5.41 Å². The van der Waals surface area contributed by atoms with Crippen molar-refractivity contribution in [3.8, 4) is 12.1 Å². The lowest BCUT2D eigenvalue weighted by molar-refractivity contribution is 0.578. The van der Waals surface area contributed by atoms with Crippen LogP contribution in [0.15, 0.2) is 96.6 Å². The van der Waals surface area contributed by atoms with Crippen molar-refractivity contribution in [2.24, 2.45) is 11.3 Å². The van der Waals surface area contributed by atoms with E-state index in [9.17, 15) is 10.5 Å². The molecule has 0 saturated carbocycles. The first-order valence-electron chi connectivity index (χ1n) is 8.54. The summed E-state index contributed by atoms with van der Waals surface area (Å²) in [6.07, 6.45) is 10.1. The number of hydrogen-bond acceptors (Lipinski definition) is 2. The molecule has 2 aromatic rings. The Morgan fingerprint density at radius 2 is 1.38 bits per heavy atom. The van der Waals surface area contributed by atoms with E-state index in [2.05, 4.69) is 30.3 Å². The van der Waals surface area contributed by atoms with Crippen LogP contribution in [-0.4, -0.2) is 0 Å². The van der Waals surface area contributed by atoms with Crippen molar-refractivity contribution in [2.75, 3.05) is 0 Å². The van der Waals surface area contributed by atoms with Gasteiger partial charge in [-0.1, -0.05) is 91.0 Å². The van der Waals surface area contributed by atoms with Crippen molar-refractivity contribution in [2.45, 2.75) is 0 Å². The minimum Gasteiger partial charge on any atom is -0.196 e. The maximum Gasteiger partial charge on any atom is 0.179 e. The molecule has 2 aliphatic rings. The number of fused-ring (bicyclic) bond motifs is 1. The maximum atomic E-state index is 9.97. The second-order valence-electron chi connectivity index (χ2n) is 6.45. The fraction of sp³-hybridized carbons (Fsp3) is 0.0833. The van der Waals surface area contributed by atoms with Gasteiger partial charge < -0.3 is 0 Å². The Morgan fingerprint density at radius 1 is 0.769 bits per heavy atom. The fourth-order valence-corrected chi connectivity index (χ4v) is 3.70. The number of rotatable bonds is 2. The molecule has 2 nitrogen and oxygen atoms in total. The Hall–Kier alpha value is -3.62. The Labute approximate surface area is 153 Å². The predicted molar refractivity (Wildman–Crippen MR) is 103 cm³/mol. The average Bonchev–Trinajstić information content (AvgIpc) is 2.86. The van der Waals surface area contributed by atoms with Crippen LogP contribution >= 0.6 is 0 Å². The number of nitriles is 2. The third kappa shape index (κ3) is 2.41. The molecule has 0 radical (unpaired) electrons. The van der Waals surface area contributed by atoms with Crippen LogP contribution in [0.2, 0.25) is 0 Å². The minimum absolute atomic E-state index is 0.273. The molecule has 2 aromatic carbocycles. The second kappa shape index (κ2) is 6.36. The van der Waals surface area contributed by atoms with Gasteiger partial charge >= 0.3 is 0 Å². The molecule has 0 bridgehead atoms. The van der Waals surface area contributed by atoms with Crippen LogP contribution in [0.5, 0.6) is 0 Å². The van der Waals surface area contributed by atoms with Crippen molar-refractivity contribution in [1.82, 2.24) is 0 Å². The average molecular weight is 332 g/mol. The summed E-state index contributed by atoms with van der Waals surface area (Å²) in [5.41, 5.74) is 3.68. The first kappa shape index (κ1) is 15.9. The zero-order valence-electron chi connectivity index (χ0n) is 14.1. The van der Waals surface area contributed by atoms with Crippen LogP contribution in [0, 0.1) is 34.0 Å². The molecule has 1 unspecified atom stereocenters. The van der Waals surface area contributed by atoms with Gasteiger partial charge in [0.25, 0.3) is 0 Å². The van der Waals surface area contributed by atoms with Crippen LogP contribution in [-0.2, 0) is 0 Å². The standard InChI is InChI=1S/C24H16N2/c25-16-24(17-26)22-13-7-12-20(18-8-3-1-4-9-18)14-21(22)15-23(24)19-10-5-2-6-11-19/h1-15,22H. The topological polar surface area (TPSA) is 47.6 Å². The molecule has 0 heterocycles. The number of benzene rings is 2. The highest BCUT2D eigenvalue weighted by atomic mass is 14.5. The zero-order valence-corrected chi connectivity index (χ0v) is 14.1. The van der Waals surface area contributed by atoms with E-state index in [1.165, 1.54) is 0 Å². The Balaban J connectivity index is 1.88. The molecule has 122 valence electrons. The molecule has 0 spiro atoms. The van der Waals surface area contributed by atoms with E-state index in [-0.39, 0.29) is 5.92 Å². The molecule has 4 rings (SSSR count). The van der Waals surface area contributed by atoms with Gasteiger partial charge in [-0.25, -0.2) is 0 Å². The van der Waals surface area contributed by atoms with Crippen LogP contribution < -0.4 is 0 Å². The van der Waals surface area contributed by atoms with Gasteiger partial charge in [0.1, 0.15) is 0 Å². The van der Waals surface area contributed by atoms with Gasteiger partial charge in [0, 0.05) is 5.92 Å². The molecule has 0 N–H and O–H groups in total. The van der Waals surface area contributed by atoms with Crippen LogP contribution in [0.4, 0.5) is 0 Å². The zero-order chi connectivity index (χ0) is 18.0. The van der Waals surface area contributed by atoms with Crippen molar-refractivity contribution in [3.05, 3.63) is 108 Å². The summed E-state index contributed by atoms with van der Waals surface area (Å²) in [5, 5.41) is 19.9. The first-order chi connectivity index (χ1) is 12.8. The van der Waals surface area contributed by atoms with E-state index in [0.29, 0.717) is 0 Å². The van der Waals surface area contributed by atoms with E-state index < -0.39 is 5.41 Å². The van der Waals surface area contributed by atoms with Crippen molar-refractivity contribution < 1.29 is 0 Å². The highest BCUT2D eigenvalue weighted by molar-refractivity contribution is 5.86. The van der Waals surface area contributed by atoms with E-state index in [4.69, 9.17) is 0 Å². The van der Waals surface area contributed by atoms with E-state index >= 15 is 0 Å². The summed E-state index contributed by atoms with van der Waals surface area (Å²) in [4.78, 5) is 0. The maximum absolute atomic E-state index is 9.97. The monoisotopic (exact) mass is 332 g/mol. The lowest BCUT2D eigenvalue weighted by Crippen LogP contribution is -2.24. The highest BCUT2D eigenvalue weighted by Crippen LogP contribution is 2.52. The molecule has 0 aromatic heterocycles. The third-order valence-corrected chi connectivity index (χ3v) is 5.01. The molecular weight excluding hydrogens is 316 g/mol. The highest BCUT2D eigenvalue weighted by Gasteiger charge is 2.48.